The summed E-state index contributed by atoms with van der Waals surface area (Å²) in [4.78, 5) is 0. The van der Waals surface area contributed by atoms with E-state index < -0.39 is 0 Å². The van der Waals surface area contributed by atoms with Crippen LogP contribution in [0.15, 0.2) is 30.3 Å². The maximum Gasteiger partial charge on any atom is 0.109 e. The van der Waals surface area contributed by atoms with Gasteiger partial charge in [0.15, 0.2) is 0 Å². The molecule has 1 atom stereocenters. The predicted molar refractivity (Wildman–Crippen MR) is 51.9 cm³/mol. The summed E-state index contributed by atoms with van der Waals surface area (Å²) in [5.41, 5.74) is 1.41. The van der Waals surface area contributed by atoms with Crippen molar-refractivity contribution in [3.63, 3.8) is 0 Å². The molecular formula is C11H18ClN. The average molecular weight is 200 g/mol. The van der Waals surface area contributed by atoms with E-state index in [2.05, 4.69) is 56.4 Å². The standard InChI is InChI=1S/C11H17N.ClH/c1-9(2)12-10(3)11-7-5-4-6-8-11;/h4-10,12H,1-3H3;1H. The summed E-state index contributed by atoms with van der Waals surface area (Å²) in [7, 11) is 0. The van der Waals surface area contributed by atoms with Crippen molar-refractivity contribution in [3.8, 4) is 0 Å². The first-order chi connectivity index (χ1) is 5.70. The molecule has 2 heteroatoms. The average Bonchev–Trinajstić information content (AvgIpc) is 2.05. The number of halogens is 1. The van der Waals surface area contributed by atoms with Gasteiger partial charge < -0.3 is 17.7 Å². The second-order valence-corrected chi connectivity index (χ2v) is 3.64. The molecule has 0 amide bonds. The van der Waals surface area contributed by atoms with Crippen LogP contribution >= 0.6 is 0 Å². The molecule has 13 heavy (non-hydrogen) atoms. The van der Waals surface area contributed by atoms with Crippen LogP contribution in [-0.4, -0.2) is 6.04 Å². The van der Waals surface area contributed by atoms with Gasteiger partial charge >= 0.3 is 0 Å². The van der Waals surface area contributed by atoms with Crippen molar-refractivity contribution in [3.05, 3.63) is 35.9 Å². The fraction of sp³-hybridized carbons (Fsp3) is 0.455. The van der Waals surface area contributed by atoms with Gasteiger partial charge in [0.05, 0.1) is 6.04 Å². The van der Waals surface area contributed by atoms with Gasteiger partial charge in [-0.25, -0.2) is 0 Å². The summed E-state index contributed by atoms with van der Waals surface area (Å²) in [6.45, 7) is 6.69. The normalized spacial score (nSPS) is 12.3. The smallest absolute Gasteiger partial charge is 0.109 e. The third-order valence-electron chi connectivity index (χ3n) is 2.00. The molecule has 0 bridgehead atoms. The molecule has 0 aliphatic carbocycles. The lowest BCUT2D eigenvalue weighted by molar-refractivity contribution is -0.719. The Hall–Kier alpha value is -0.530. The van der Waals surface area contributed by atoms with Crippen molar-refractivity contribution < 1.29 is 17.7 Å². The van der Waals surface area contributed by atoms with Crippen LogP contribution in [0.1, 0.15) is 32.4 Å². The third-order valence-corrected chi connectivity index (χ3v) is 2.00. The van der Waals surface area contributed by atoms with Crippen molar-refractivity contribution in [2.24, 2.45) is 0 Å². The van der Waals surface area contributed by atoms with E-state index in [0.717, 1.165) is 0 Å². The largest absolute Gasteiger partial charge is 1.00 e. The highest BCUT2D eigenvalue weighted by Gasteiger charge is 2.08. The summed E-state index contributed by atoms with van der Waals surface area (Å²) < 4.78 is 0. The van der Waals surface area contributed by atoms with Gasteiger partial charge in [-0.15, -0.1) is 0 Å². The van der Waals surface area contributed by atoms with E-state index in [1.54, 1.807) is 0 Å². The van der Waals surface area contributed by atoms with Gasteiger partial charge in [-0.05, 0) is 20.8 Å². The van der Waals surface area contributed by atoms with E-state index in [4.69, 9.17) is 0 Å². The molecule has 1 unspecified atom stereocenters. The van der Waals surface area contributed by atoms with E-state index in [0.29, 0.717) is 12.1 Å². The Labute approximate surface area is 87.0 Å². The lowest BCUT2D eigenvalue weighted by Gasteiger charge is -2.13. The Morgan fingerprint density at radius 1 is 1.00 bits per heavy atom. The quantitative estimate of drug-likeness (QED) is 0.625. The highest BCUT2D eigenvalue weighted by atomic mass is 35.5. The molecule has 0 aliphatic heterocycles. The first kappa shape index (κ1) is 12.5. The SMILES string of the molecule is CC(C)[NH2+]C(C)c1ccccc1.[Cl-]. The fourth-order valence-electron chi connectivity index (χ4n) is 1.45. The summed E-state index contributed by atoms with van der Waals surface area (Å²) in [5, 5.41) is 2.37. The molecule has 1 aromatic carbocycles. The Kier molecular flexibility index (Phi) is 5.76. The molecule has 74 valence electrons. The van der Waals surface area contributed by atoms with Gasteiger partial charge in [0, 0.05) is 5.56 Å². The zero-order chi connectivity index (χ0) is 8.97. The first-order valence-corrected chi connectivity index (χ1v) is 4.60. The van der Waals surface area contributed by atoms with Crippen LogP contribution in [0.4, 0.5) is 0 Å². The highest BCUT2D eigenvalue weighted by molar-refractivity contribution is 5.16. The zero-order valence-corrected chi connectivity index (χ0v) is 9.25. The van der Waals surface area contributed by atoms with Gasteiger partial charge in [-0.3, -0.25) is 0 Å². The summed E-state index contributed by atoms with van der Waals surface area (Å²) in [6.07, 6.45) is 0. The van der Waals surface area contributed by atoms with E-state index in [1.165, 1.54) is 5.56 Å². The molecule has 1 nitrogen and oxygen atoms in total. The van der Waals surface area contributed by atoms with Crippen LogP contribution in [0.5, 0.6) is 0 Å². The predicted octanol–water partition coefficient (Wildman–Crippen LogP) is -1.28. The molecule has 0 aromatic heterocycles. The molecule has 2 N–H and O–H groups in total. The van der Waals surface area contributed by atoms with E-state index in [9.17, 15) is 0 Å². The second kappa shape index (κ2) is 6.01. The first-order valence-electron chi connectivity index (χ1n) is 4.60. The van der Waals surface area contributed by atoms with Crippen LogP contribution in [-0.2, 0) is 0 Å². The lowest BCUT2D eigenvalue weighted by atomic mass is 10.1. The van der Waals surface area contributed by atoms with E-state index in [1.807, 2.05) is 0 Å². The van der Waals surface area contributed by atoms with Crippen LogP contribution in [0.2, 0.25) is 0 Å². The Bertz CT molecular complexity index is 221. The van der Waals surface area contributed by atoms with Crippen molar-refractivity contribution >= 4 is 0 Å². The molecule has 0 radical (unpaired) electrons. The fourth-order valence-corrected chi connectivity index (χ4v) is 1.45. The second-order valence-electron chi connectivity index (χ2n) is 3.64. The number of hydrogen-bond donors (Lipinski definition) is 1. The molecule has 1 aromatic rings. The maximum atomic E-state index is 2.37. The summed E-state index contributed by atoms with van der Waals surface area (Å²) >= 11 is 0. The van der Waals surface area contributed by atoms with Crippen molar-refractivity contribution in [1.29, 1.82) is 0 Å². The Morgan fingerprint density at radius 2 is 1.54 bits per heavy atom. The van der Waals surface area contributed by atoms with Crippen LogP contribution < -0.4 is 17.7 Å². The minimum Gasteiger partial charge on any atom is -1.00 e. The van der Waals surface area contributed by atoms with Gasteiger partial charge in [-0.1, -0.05) is 30.3 Å². The molecule has 0 saturated heterocycles. The van der Waals surface area contributed by atoms with Crippen LogP contribution in [0, 0.1) is 0 Å². The molecule has 0 aliphatic rings. The maximum absolute atomic E-state index is 2.37. The van der Waals surface area contributed by atoms with E-state index >= 15 is 0 Å². The van der Waals surface area contributed by atoms with Crippen molar-refractivity contribution in [1.82, 2.24) is 0 Å². The van der Waals surface area contributed by atoms with Gasteiger partial charge in [-0.2, -0.15) is 0 Å². The molecule has 0 heterocycles. The minimum absolute atomic E-state index is 0. The minimum atomic E-state index is 0. The van der Waals surface area contributed by atoms with E-state index in [-0.39, 0.29) is 12.4 Å². The Balaban J connectivity index is 0.00000144. The van der Waals surface area contributed by atoms with Gasteiger partial charge in [0.1, 0.15) is 6.04 Å². The number of hydrogen-bond acceptors (Lipinski definition) is 0. The zero-order valence-electron chi connectivity index (χ0n) is 8.50. The topological polar surface area (TPSA) is 16.6 Å². The highest BCUT2D eigenvalue weighted by Crippen LogP contribution is 2.06. The molecule has 0 spiro atoms. The molecule has 0 fully saturated rings. The van der Waals surface area contributed by atoms with Crippen molar-refractivity contribution in [2.45, 2.75) is 32.9 Å². The number of nitrogens with two attached hydrogens (primary N) is 1. The van der Waals surface area contributed by atoms with Crippen molar-refractivity contribution in [2.75, 3.05) is 0 Å². The summed E-state index contributed by atoms with van der Waals surface area (Å²) in [6, 6.07) is 11.9. The molecular weight excluding hydrogens is 182 g/mol. The van der Waals surface area contributed by atoms with Crippen LogP contribution in [0.3, 0.4) is 0 Å². The monoisotopic (exact) mass is 199 g/mol. The number of rotatable bonds is 3. The third kappa shape index (κ3) is 4.30. The molecule has 1 rings (SSSR count). The lowest BCUT2D eigenvalue weighted by Crippen LogP contribution is -3.00. The van der Waals surface area contributed by atoms with Crippen LogP contribution in [0.25, 0.3) is 0 Å². The summed E-state index contributed by atoms with van der Waals surface area (Å²) in [5.74, 6) is 0. The Morgan fingerprint density at radius 3 is 2.00 bits per heavy atom. The van der Waals surface area contributed by atoms with Gasteiger partial charge in [0.2, 0.25) is 0 Å². The number of benzene rings is 1. The molecule has 0 saturated carbocycles. The van der Waals surface area contributed by atoms with Gasteiger partial charge in [0.25, 0.3) is 0 Å². The number of quaternary nitrogens is 1.